The number of hydrogen-bond donors (Lipinski definition) is 1. The summed E-state index contributed by atoms with van der Waals surface area (Å²) < 4.78 is 10.9. The molecule has 0 saturated carbocycles. The fourth-order valence-corrected chi connectivity index (χ4v) is 2.38. The second-order valence-electron chi connectivity index (χ2n) is 5.74. The predicted octanol–water partition coefficient (Wildman–Crippen LogP) is 4.04. The lowest BCUT2D eigenvalue weighted by molar-refractivity contribution is 0.223. The Labute approximate surface area is 141 Å². The lowest BCUT2D eigenvalue weighted by atomic mass is 10.2. The topological polar surface area (TPSA) is 56.3 Å². The standard InChI is InChI=1S/C19H21N3O2/c1-13(2)24-19-21-17-7-5-4-6-16(17)18(22-19)20-12-14-8-10-15(23-3)11-9-14/h4-11,13H,12H2,1-3H3,(H,20,21,22). The molecule has 124 valence electrons. The minimum Gasteiger partial charge on any atom is -0.497 e. The minimum atomic E-state index is 0.0283. The van der Waals surface area contributed by atoms with Crippen LogP contribution in [0.1, 0.15) is 19.4 Å². The van der Waals surface area contributed by atoms with Crippen LogP contribution in [-0.4, -0.2) is 23.2 Å². The Kier molecular flexibility index (Phi) is 4.79. The van der Waals surface area contributed by atoms with Gasteiger partial charge >= 0.3 is 6.01 Å². The molecule has 1 aromatic heterocycles. The summed E-state index contributed by atoms with van der Waals surface area (Å²) in [6, 6.07) is 16.2. The van der Waals surface area contributed by atoms with E-state index in [-0.39, 0.29) is 6.10 Å². The van der Waals surface area contributed by atoms with E-state index in [2.05, 4.69) is 15.3 Å². The quantitative estimate of drug-likeness (QED) is 0.742. The van der Waals surface area contributed by atoms with Gasteiger partial charge in [-0.25, -0.2) is 0 Å². The van der Waals surface area contributed by atoms with Crippen LogP contribution in [-0.2, 0) is 6.54 Å². The maximum Gasteiger partial charge on any atom is 0.319 e. The van der Waals surface area contributed by atoms with E-state index in [1.807, 2.05) is 62.4 Å². The van der Waals surface area contributed by atoms with Gasteiger partial charge in [-0.05, 0) is 43.7 Å². The van der Waals surface area contributed by atoms with Crippen LogP contribution in [0.25, 0.3) is 10.9 Å². The molecule has 5 heteroatoms. The van der Waals surface area contributed by atoms with Gasteiger partial charge in [0.25, 0.3) is 0 Å². The first-order valence-electron chi connectivity index (χ1n) is 7.96. The van der Waals surface area contributed by atoms with Gasteiger partial charge in [0.05, 0.1) is 18.7 Å². The van der Waals surface area contributed by atoms with Crippen molar-refractivity contribution < 1.29 is 9.47 Å². The highest BCUT2D eigenvalue weighted by molar-refractivity contribution is 5.89. The van der Waals surface area contributed by atoms with Crippen LogP contribution in [0.3, 0.4) is 0 Å². The molecule has 0 aliphatic carbocycles. The molecule has 0 bridgehead atoms. The first-order valence-corrected chi connectivity index (χ1v) is 7.96. The molecule has 0 spiro atoms. The van der Waals surface area contributed by atoms with Crippen molar-refractivity contribution in [3.8, 4) is 11.8 Å². The zero-order valence-corrected chi connectivity index (χ0v) is 14.1. The Morgan fingerprint density at radius 1 is 1.00 bits per heavy atom. The average Bonchev–Trinajstić information content (AvgIpc) is 2.59. The number of nitrogens with one attached hydrogen (secondary N) is 1. The molecule has 0 aliphatic heterocycles. The molecule has 0 atom stereocenters. The summed E-state index contributed by atoms with van der Waals surface area (Å²) in [4.78, 5) is 8.98. The van der Waals surface area contributed by atoms with Crippen LogP contribution in [0.2, 0.25) is 0 Å². The van der Waals surface area contributed by atoms with E-state index in [0.717, 1.165) is 28.0 Å². The lowest BCUT2D eigenvalue weighted by Crippen LogP contribution is -2.10. The number of ether oxygens (including phenoxy) is 2. The second-order valence-corrected chi connectivity index (χ2v) is 5.74. The summed E-state index contributed by atoms with van der Waals surface area (Å²) in [5.74, 6) is 1.62. The number of anilines is 1. The van der Waals surface area contributed by atoms with Crippen LogP contribution >= 0.6 is 0 Å². The number of aromatic nitrogens is 2. The summed E-state index contributed by atoms with van der Waals surface area (Å²) >= 11 is 0. The van der Waals surface area contributed by atoms with Gasteiger partial charge in [0.15, 0.2) is 0 Å². The molecule has 3 rings (SSSR count). The third-order valence-electron chi connectivity index (χ3n) is 3.54. The molecule has 2 aromatic carbocycles. The molecule has 0 aliphatic rings. The number of para-hydroxylation sites is 1. The molecule has 0 radical (unpaired) electrons. The Bertz CT molecular complexity index is 816. The molecular formula is C19H21N3O2. The van der Waals surface area contributed by atoms with Gasteiger partial charge in [-0.3, -0.25) is 0 Å². The van der Waals surface area contributed by atoms with Gasteiger partial charge in [0, 0.05) is 11.9 Å². The van der Waals surface area contributed by atoms with Gasteiger partial charge in [0.2, 0.25) is 0 Å². The maximum atomic E-state index is 5.67. The first-order chi connectivity index (χ1) is 11.7. The normalized spacial score (nSPS) is 10.8. The van der Waals surface area contributed by atoms with Crippen molar-refractivity contribution in [3.05, 3.63) is 54.1 Å². The highest BCUT2D eigenvalue weighted by Crippen LogP contribution is 2.24. The van der Waals surface area contributed by atoms with Gasteiger partial charge < -0.3 is 14.8 Å². The number of nitrogens with zero attached hydrogens (tertiary/aromatic N) is 2. The molecular weight excluding hydrogens is 302 g/mol. The summed E-state index contributed by atoms with van der Waals surface area (Å²) in [5, 5.41) is 4.36. The first kappa shape index (κ1) is 16.1. The summed E-state index contributed by atoms with van der Waals surface area (Å²) in [7, 11) is 1.66. The van der Waals surface area contributed by atoms with Crippen LogP contribution in [0.15, 0.2) is 48.5 Å². The van der Waals surface area contributed by atoms with E-state index >= 15 is 0 Å². The van der Waals surface area contributed by atoms with E-state index in [9.17, 15) is 0 Å². The van der Waals surface area contributed by atoms with Crippen molar-refractivity contribution in [3.63, 3.8) is 0 Å². The van der Waals surface area contributed by atoms with Crippen LogP contribution in [0.4, 0.5) is 5.82 Å². The summed E-state index contributed by atoms with van der Waals surface area (Å²) in [5.41, 5.74) is 2.00. The molecule has 24 heavy (non-hydrogen) atoms. The van der Waals surface area contributed by atoms with Gasteiger partial charge in [-0.15, -0.1) is 0 Å². The monoisotopic (exact) mass is 323 g/mol. The number of fused-ring (bicyclic) bond motifs is 1. The molecule has 0 saturated heterocycles. The predicted molar refractivity (Wildman–Crippen MR) is 95.6 cm³/mol. The van der Waals surface area contributed by atoms with Gasteiger partial charge in [0.1, 0.15) is 11.6 Å². The SMILES string of the molecule is COc1ccc(CNc2nc(OC(C)C)nc3ccccc23)cc1. The van der Waals surface area contributed by atoms with Gasteiger partial charge in [-0.1, -0.05) is 24.3 Å². The van der Waals surface area contributed by atoms with E-state index < -0.39 is 0 Å². The van der Waals surface area contributed by atoms with Crippen molar-refractivity contribution >= 4 is 16.7 Å². The zero-order chi connectivity index (χ0) is 16.9. The highest BCUT2D eigenvalue weighted by atomic mass is 16.5. The third kappa shape index (κ3) is 3.74. The summed E-state index contributed by atoms with van der Waals surface area (Å²) in [6.45, 7) is 4.58. The van der Waals surface area contributed by atoms with E-state index in [1.54, 1.807) is 7.11 Å². The van der Waals surface area contributed by atoms with Crippen molar-refractivity contribution in [1.29, 1.82) is 0 Å². The number of hydrogen-bond acceptors (Lipinski definition) is 5. The van der Waals surface area contributed by atoms with Crippen molar-refractivity contribution in [2.45, 2.75) is 26.5 Å². The molecule has 1 heterocycles. The average molecular weight is 323 g/mol. The molecule has 5 nitrogen and oxygen atoms in total. The molecule has 0 amide bonds. The fourth-order valence-electron chi connectivity index (χ4n) is 2.38. The number of methoxy groups -OCH3 is 1. The molecule has 0 unspecified atom stereocenters. The highest BCUT2D eigenvalue weighted by Gasteiger charge is 2.09. The fraction of sp³-hybridized carbons (Fsp3) is 0.263. The largest absolute Gasteiger partial charge is 0.497 e. The van der Waals surface area contributed by atoms with E-state index in [0.29, 0.717) is 12.6 Å². The van der Waals surface area contributed by atoms with E-state index in [4.69, 9.17) is 9.47 Å². The molecule has 0 fully saturated rings. The second kappa shape index (κ2) is 7.17. The van der Waals surface area contributed by atoms with Crippen LogP contribution in [0.5, 0.6) is 11.8 Å². The van der Waals surface area contributed by atoms with Crippen LogP contribution < -0.4 is 14.8 Å². The smallest absolute Gasteiger partial charge is 0.319 e. The van der Waals surface area contributed by atoms with Crippen molar-refractivity contribution in [2.75, 3.05) is 12.4 Å². The molecule has 1 N–H and O–H groups in total. The Balaban J connectivity index is 1.86. The Morgan fingerprint density at radius 2 is 1.75 bits per heavy atom. The van der Waals surface area contributed by atoms with Gasteiger partial charge in [-0.2, -0.15) is 9.97 Å². The minimum absolute atomic E-state index is 0.0283. The van der Waals surface area contributed by atoms with E-state index in [1.165, 1.54) is 0 Å². The summed E-state index contributed by atoms with van der Waals surface area (Å²) in [6.07, 6.45) is 0.0283. The lowest BCUT2D eigenvalue weighted by Gasteiger charge is -2.13. The number of benzene rings is 2. The Morgan fingerprint density at radius 3 is 2.46 bits per heavy atom. The zero-order valence-electron chi connectivity index (χ0n) is 14.1. The maximum absolute atomic E-state index is 5.67. The Hall–Kier alpha value is -2.82. The van der Waals surface area contributed by atoms with Crippen molar-refractivity contribution in [1.82, 2.24) is 9.97 Å². The number of rotatable bonds is 6. The molecule has 3 aromatic rings. The van der Waals surface area contributed by atoms with Crippen molar-refractivity contribution in [2.24, 2.45) is 0 Å². The third-order valence-corrected chi connectivity index (χ3v) is 3.54. The van der Waals surface area contributed by atoms with Crippen LogP contribution in [0, 0.1) is 0 Å².